The van der Waals surface area contributed by atoms with Gasteiger partial charge in [-0.3, -0.25) is 4.21 Å². The standard InChI is InChI=1S/C14H21N3O2S/c15-12-3-4-13(16-11-5-7-20(18)8-6-11)17-14(12)19-9-10-1-2-10/h3-4,10-11H,1-2,5-9,15H2,(H,16,17). The molecule has 0 aromatic carbocycles. The van der Waals surface area contributed by atoms with E-state index >= 15 is 0 Å². The van der Waals surface area contributed by atoms with Crippen LogP contribution >= 0.6 is 0 Å². The fourth-order valence-corrected chi connectivity index (χ4v) is 3.57. The van der Waals surface area contributed by atoms with Crippen molar-refractivity contribution in [3.8, 4) is 5.88 Å². The lowest BCUT2D eigenvalue weighted by Crippen LogP contribution is -2.29. The lowest BCUT2D eigenvalue weighted by atomic mass is 10.1. The Morgan fingerprint density at radius 2 is 2.05 bits per heavy atom. The first-order chi connectivity index (χ1) is 9.70. The summed E-state index contributed by atoms with van der Waals surface area (Å²) < 4.78 is 17.0. The third kappa shape index (κ3) is 3.62. The van der Waals surface area contributed by atoms with Gasteiger partial charge in [0.15, 0.2) is 0 Å². The predicted octanol–water partition coefficient (Wildman–Crippen LogP) is 1.78. The van der Waals surface area contributed by atoms with E-state index in [4.69, 9.17) is 10.5 Å². The van der Waals surface area contributed by atoms with Crippen LogP contribution in [-0.2, 0) is 10.8 Å². The van der Waals surface area contributed by atoms with E-state index in [1.165, 1.54) is 12.8 Å². The Hall–Kier alpha value is -1.30. The molecule has 1 saturated heterocycles. The SMILES string of the molecule is Nc1ccc(NC2CCS(=O)CC2)nc1OCC1CC1. The number of hydrogen-bond acceptors (Lipinski definition) is 5. The summed E-state index contributed by atoms with van der Waals surface area (Å²) in [6.07, 6.45) is 4.35. The Kier molecular flexibility index (Phi) is 4.10. The lowest BCUT2D eigenvalue weighted by molar-refractivity contribution is 0.290. The summed E-state index contributed by atoms with van der Waals surface area (Å²) in [5, 5.41) is 3.39. The molecule has 110 valence electrons. The number of nitrogens with one attached hydrogen (secondary N) is 1. The normalized spacial score (nSPS) is 26.2. The highest BCUT2D eigenvalue weighted by Gasteiger charge is 2.23. The Labute approximate surface area is 121 Å². The Balaban J connectivity index is 1.60. The second kappa shape index (κ2) is 5.99. The van der Waals surface area contributed by atoms with Crippen molar-refractivity contribution in [3.63, 3.8) is 0 Å². The minimum atomic E-state index is -0.633. The van der Waals surface area contributed by atoms with Gasteiger partial charge in [-0.25, -0.2) is 0 Å². The van der Waals surface area contributed by atoms with E-state index in [2.05, 4.69) is 10.3 Å². The third-order valence-electron chi connectivity index (χ3n) is 3.78. The summed E-state index contributed by atoms with van der Waals surface area (Å²) >= 11 is 0. The van der Waals surface area contributed by atoms with Gasteiger partial charge >= 0.3 is 0 Å². The second-order valence-corrected chi connectivity index (χ2v) is 7.31. The molecule has 2 aliphatic rings. The first-order valence-corrected chi connectivity index (χ1v) is 8.70. The molecule has 0 spiro atoms. The zero-order valence-corrected chi connectivity index (χ0v) is 12.3. The molecule has 3 rings (SSSR count). The van der Waals surface area contributed by atoms with Gasteiger partial charge in [-0.15, -0.1) is 0 Å². The number of rotatable bonds is 5. The molecule has 0 unspecified atom stereocenters. The first kappa shape index (κ1) is 13.7. The van der Waals surface area contributed by atoms with E-state index in [1.807, 2.05) is 12.1 Å². The monoisotopic (exact) mass is 295 g/mol. The van der Waals surface area contributed by atoms with E-state index in [0.29, 0.717) is 30.1 Å². The summed E-state index contributed by atoms with van der Waals surface area (Å²) in [5.74, 6) is 3.56. The van der Waals surface area contributed by atoms with Crippen LogP contribution in [0.4, 0.5) is 11.5 Å². The number of hydrogen-bond donors (Lipinski definition) is 2. The van der Waals surface area contributed by atoms with Gasteiger partial charge in [0.2, 0.25) is 5.88 Å². The fourth-order valence-electron chi connectivity index (χ4n) is 2.28. The maximum absolute atomic E-state index is 11.3. The molecule has 1 aromatic heterocycles. The maximum atomic E-state index is 11.3. The smallest absolute Gasteiger partial charge is 0.239 e. The molecule has 1 aromatic rings. The largest absolute Gasteiger partial charge is 0.476 e. The molecule has 2 fully saturated rings. The van der Waals surface area contributed by atoms with Crippen molar-refractivity contribution in [2.24, 2.45) is 5.92 Å². The third-order valence-corrected chi connectivity index (χ3v) is 5.16. The zero-order valence-electron chi connectivity index (χ0n) is 11.5. The van der Waals surface area contributed by atoms with Gasteiger partial charge in [0.05, 0.1) is 12.3 Å². The van der Waals surface area contributed by atoms with E-state index in [1.54, 1.807) is 0 Å². The molecule has 1 aliphatic carbocycles. The molecule has 0 atom stereocenters. The van der Waals surface area contributed by atoms with Crippen molar-refractivity contribution in [1.82, 2.24) is 4.98 Å². The maximum Gasteiger partial charge on any atom is 0.239 e. The predicted molar refractivity (Wildman–Crippen MR) is 81.4 cm³/mol. The number of ether oxygens (including phenoxy) is 1. The van der Waals surface area contributed by atoms with Crippen LogP contribution in [0.15, 0.2) is 12.1 Å². The van der Waals surface area contributed by atoms with Crippen LogP contribution in [0.5, 0.6) is 5.88 Å². The van der Waals surface area contributed by atoms with Crippen LogP contribution in [0.3, 0.4) is 0 Å². The van der Waals surface area contributed by atoms with Crippen molar-refractivity contribution < 1.29 is 8.95 Å². The summed E-state index contributed by atoms with van der Waals surface area (Å²) in [6.45, 7) is 0.711. The Morgan fingerprint density at radius 3 is 2.75 bits per heavy atom. The first-order valence-electron chi connectivity index (χ1n) is 7.21. The number of aromatic nitrogens is 1. The van der Waals surface area contributed by atoms with Gasteiger partial charge in [-0.1, -0.05) is 0 Å². The molecule has 3 N–H and O–H groups in total. The van der Waals surface area contributed by atoms with Crippen molar-refractivity contribution in [3.05, 3.63) is 12.1 Å². The van der Waals surface area contributed by atoms with E-state index in [0.717, 1.165) is 30.2 Å². The molecule has 0 radical (unpaired) electrons. The van der Waals surface area contributed by atoms with Gasteiger partial charge in [-0.05, 0) is 43.7 Å². The number of nitrogens with zero attached hydrogens (tertiary/aromatic N) is 1. The van der Waals surface area contributed by atoms with Crippen molar-refractivity contribution >= 4 is 22.3 Å². The fraction of sp³-hybridized carbons (Fsp3) is 0.643. The molecule has 5 nitrogen and oxygen atoms in total. The van der Waals surface area contributed by atoms with Crippen LogP contribution in [0.2, 0.25) is 0 Å². The highest BCUT2D eigenvalue weighted by atomic mass is 32.2. The topological polar surface area (TPSA) is 77.2 Å². The number of nitrogen functional groups attached to an aromatic ring is 1. The van der Waals surface area contributed by atoms with Crippen LogP contribution in [0.1, 0.15) is 25.7 Å². The molecule has 1 aliphatic heterocycles. The average Bonchev–Trinajstić information content (AvgIpc) is 3.26. The van der Waals surface area contributed by atoms with Gasteiger partial charge in [-0.2, -0.15) is 4.98 Å². The minimum Gasteiger partial charge on any atom is -0.476 e. The zero-order chi connectivity index (χ0) is 13.9. The Morgan fingerprint density at radius 1 is 1.30 bits per heavy atom. The molecule has 0 amide bonds. The van der Waals surface area contributed by atoms with E-state index in [9.17, 15) is 4.21 Å². The van der Waals surface area contributed by atoms with Crippen LogP contribution in [0, 0.1) is 5.92 Å². The summed E-state index contributed by atoms with van der Waals surface area (Å²) in [4.78, 5) is 4.45. The van der Waals surface area contributed by atoms with Crippen LogP contribution in [-0.4, -0.2) is 33.3 Å². The quantitative estimate of drug-likeness (QED) is 0.866. The number of anilines is 2. The van der Waals surface area contributed by atoms with Gasteiger partial charge in [0.1, 0.15) is 5.82 Å². The molecule has 1 saturated carbocycles. The van der Waals surface area contributed by atoms with E-state index in [-0.39, 0.29) is 0 Å². The second-order valence-electron chi connectivity index (χ2n) is 5.61. The average molecular weight is 295 g/mol. The van der Waals surface area contributed by atoms with Crippen molar-refractivity contribution in [2.45, 2.75) is 31.7 Å². The summed E-state index contributed by atoms with van der Waals surface area (Å²) in [5.41, 5.74) is 6.48. The number of nitrogens with two attached hydrogens (primary N) is 1. The van der Waals surface area contributed by atoms with Crippen LogP contribution < -0.4 is 15.8 Å². The molecular weight excluding hydrogens is 274 g/mol. The number of pyridine rings is 1. The lowest BCUT2D eigenvalue weighted by Gasteiger charge is -2.23. The molecule has 0 bridgehead atoms. The highest BCUT2D eigenvalue weighted by molar-refractivity contribution is 7.85. The van der Waals surface area contributed by atoms with Crippen molar-refractivity contribution in [2.75, 3.05) is 29.2 Å². The highest BCUT2D eigenvalue weighted by Crippen LogP contribution is 2.31. The molecule has 2 heterocycles. The minimum absolute atomic E-state index is 0.347. The van der Waals surface area contributed by atoms with Gasteiger partial charge in [0.25, 0.3) is 0 Å². The summed E-state index contributed by atoms with van der Waals surface area (Å²) in [6, 6.07) is 4.06. The molecule has 20 heavy (non-hydrogen) atoms. The van der Waals surface area contributed by atoms with Crippen molar-refractivity contribution in [1.29, 1.82) is 0 Å². The van der Waals surface area contributed by atoms with Gasteiger partial charge < -0.3 is 15.8 Å². The summed E-state index contributed by atoms with van der Waals surface area (Å²) in [7, 11) is -0.633. The van der Waals surface area contributed by atoms with Gasteiger partial charge in [0, 0.05) is 28.3 Å². The molecule has 6 heteroatoms. The van der Waals surface area contributed by atoms with E-state index < -0.39 is 10.8 Å². The molecular formula is C14H21N3O2S. The Bertz CT molecular complexity index is 495. The van der Waals surface area contributed by atoms with Crippen LogP contribution in [0.25, 0.3) is 0 Å².